The van der Waals surface area contributed by atoms with Gasteiger partial charge in [0.1, 0.15) is 5.39 Å². The Kier molecular flexibility index (Phi) is 4.38. The monoisotopic (exact) mass is 336 g/mol. The molecule has 1 aliphatic carbocycles. The molecule has 2 heterocycles. The van der Waals surface area contributed by atoms with Gasteiger partial charge in [0, 0.05) is 13.1 Å². The predicted molar refractivity (Wildman–Crippen MR) is 98.6 cm³/mol. The third-order valence-corrected chi connectivity index (χ3v) is 5.49. The van der Waals surface area contributed by atoms with Crippen LogP contribution in [0, 0.1) is 5.92 Å². The summed E-state index contributed by atoms with van der Waals surface area (Å²) in [6.07, 6.45) is 8.08. The molecule has 1 aromatic carbocycles. The van der Waals surface area contributed by atoms with Crippen molar-refractivity contribution in [2.45, 2.75) is 51.6 Å². The molecule has 1 aliphatic rings. The van der Waals surface area contributed by atoms with Gasteiger partial charge >= 0.3 is 0 Å². The molecular formula is C20H24N4O. The van der Waals surface area contributed by atoms with Gasteiger partial charge in [-0.15, -0.1) is 0 Å². The van der Waals surface area contributed by atoms with E-state index in [0.29, 0.717) is 22.9 Å². The van der Waals surface area contributed by atoms with Crippen LogP contribution in [0.1, 0.15) is 44.1 Å². The van der Waals surface area contributed by atoms with Crippen LogP contribution in [0.3, 0.4) is 0 Å². The highest BCUT2D eigenvalue weighted by Crippen LogP contribution is 2.36. The fourth-order valence-corrected chi connectivity index (χ4v) is 4.04. The van der Waals surface area contributed by atoms with Crippen LogP contribution in [0.4, 0.5) is 0 Å². The molecular weight excluding hydrogens is 312 g/mol. The molecule has 0 radical (unpaired) electrons. The number of nitrogens with zero attached hydrogens (tertiary/aromatic N) is 4. The zero-order valence-electron chi connectivity index (χ0n) is 14.6. The van der Waals surface area contributed by atoms with Crippen molar-refractivity contribution >= 4 is 11.0 Å². The average molecular weight is 336 g/mol. The van der Waals surface area contributed by atoms with Gasteiger partial charge in [0.05, 0.1) is 12.5 Å². The fourth-order valence-electron chi connectivity index (χ4n) is 4.04. The van der Waals surface area contributed by atoms with Crippen LogP contribution in [0.5, 0.6) is 0 Å². The lowest BCUT2D eigenvalue weighted by molar-refractivity contribution is 0.291. The van der Waals surface area contributed by atoms with Crippen LogP contribution in [-0.4, -0.2) is 19.3 Å². The Morgan fingerprint density at radius 3 is 2.60 bits per heavy atom. The van der Waals surface area contributed by atoms with Gasteiger partial charge < -0.3 is 0 Å². The number of aromatic nitrogens is 4. The number of benzene rings is 1. The smallest absolute Gasteiger partial charge is 0.264 e. The van der Waals surface area contributed by atoms with Crippen molar-refractivity contribution in [3.63, 3.8) is 0 Å². The van der Waals surface area contributed by atoms with Crippen molar-refractivity contribution in [3.8, 4) is 0 Å². The van der Waals surface area contributed by atoms with Crippen molar-refractivity contribution in [1.82, 2.24) is 19.3 Å². The highest BCUT2D eigenvalue weighted by molar-refractivity contribution is 5.72. The van der Waals surface area contributed by atoms with E-state index in [1.165, 1.54) is 18.4 Å². The number of aryl methyl sites for hydroxylation is 1. The second-order valence-corrected chi connectivity index (χ2v) is 7.03. The Labute approximate surface area is 147 Å². The standard InChI is InChI=1S/C20H24N4O/c1-2-24-19-18(12-22-24)20(25)23(14-21-19)13-15-8-10-17(11-9-15)16-6-4-3-5-7-16/h3-7,12,14-15,17H,2,8-11,13H2,1H3. The molecule has 0 unspecified atom stereocenters. The first kappa shape index (κ1) is 16.1. The summed E-state index contributed by atoms with van der Waals surface area (Å²) in [7, 11) is 0. The molecule has 0 aliphatic heterocycles. The molecule has 2 aromatic heterocycles. The summed E-state index contributed by atoms with van der Waals surface area (Å²) >= 11 is 0. The summed E-state index contributed by atoms with van der Waals surface area (Å²) in [6.45, 7) is 3.49. The molecule has 0 atom stereocenters. The Morgan fingerprint density at radius 1 is 1.12 bits per heavy atom. The maximum absolute atomic E-state index is 12.7. The van der Waals surface area contributed by atoms with Crippen molar-refractivity contribution < 1.29 is 0 Å². The summed E-state index contributed by atoms with van der Waals surface area (Å²) in [5.74, 6) is 1.22. The van der Waals surface area contributed by atoms with E-state index < -0.39 is 0 Å². The molecule has 0 saturated heterocycles. The number of hydrogen-bond donors (Lipinski definition) is 0. The highest BCUT2D eigenvalue weighted by Gasteiger charge is 2.23. The molecule has 5 heteroatoms. The highest BCUT2D eigenvalue weighted by atomic mass is 16.1. The van der Waals surface area contributed by atoms with Gasteiger partial charge in [-0.1, -0.05) is 30.3 Å². The van der Waals surface area contributed by atoms with E-state index in [0.717, 1.165) is 25.9 Å². The van der Waals surface area contributed by atoms with Crippen molar-refractivity contribution in [1.29, 1.82) is 0 Å². The zero-order chi connectivity index (χ0) is 17.2. The van der Waals surface area contributed by atoms with Crippen molar-refractivity contribution in [2.24, 2.45) is 5.92 Å². The minimum absolute atomic E-state index is 0.0369. The van der Waals surface area contributed by atoms with E-state index in [2.05, 4.69) is 40.4 Å². The van der Waals surface area contributed by atoms with Gasteiger partial charge in [0.25, 0.3) is 5.56 Å². The molecule has 1 saturated carbocycles. The quantitative estimate of drug-likeness (QED) is 0.731. The maximum atomic E-state index is 12.7. The summed E-state index contributed by atoms with van der Waals surface area (Å²) in [5.41, 5.74) is 2.18. The molecule has 0 N–H and O–H groups in total. The largest absolute Gasteiger partial charge is 0.298 e. The van der Waals surface area contributed by atoms with Crippen LogP contribution in [0.2, 0.25) is 0 Å². The minimum Gasteiger partial charge on any atom is -0.298 e. The minimum atomic E-state index is 0.0369. The number of hydrogen-bond acceptors (Lipinski definition) is 3. The molecule has 4 rings (SSSR count). The molecule has 0 amide bonds. The van der Waals surface area contributed by atoms with Crippen molar-refractivity contribution in [3.05, 3.63) is 58.8 Å². The van der Waals surface area contributed by atoms with Crippen LogP contribution < -0.4 is 5.56 Å². The third kappa shape index (κ3) is 3.11. The van der Waals surface area contributed by atoms with E-state index in [9.17, 15) is 4.79 Å². The predicted octanol–water partition coefficient (Wildman–Crippen LogP) is 3.59. The van der Waals surface area contributed by atoms with Gasteiger partial charge in [-0.25, -0.2) is 9.67 Å². The lowest BCUT2D eigenvalue weighted by Crippen LogP contribution is -2.26. The number of rotatable bonds is 4. The van der Waals surface area contributed by atoms with Crippen molar-refractivity contribution in [2.75, 3.05) is 0 Å². The van der Waals surface area contributed by atoms with Gasteiger partial charge in [-0.2, -0.15) is 5.10 Å². The Morgan fingerprint density at radius 2 is 1.88 bits per heavy atom. The third-order valence-electron chi connectivity index (χ3n) is 5.49. The van der Waals surface area contributed by atoms with E-state index in [-0.39, 0.29) is 5.56 Å². The SMILES string of the molecule is CCn1ncc2c(=O)n(CC3CCC(c4ccccc4)CC3)cnc21. The van der Waals surface area contributed by atoms with E-state index in [4.69, 9.17) is 0 Å². The van der Waals surface area contributed by atoms with Crippen LogP contribution in [-0.2, 0) is 13.1 Å². The topological polar surface area (TPSA) is 52.7 Å². The van der Waals surface area contributed by atoms with E-state index in [1.54, 1.807) is 21.8 Å². The second kappa shape index (κ2) is 6.82. The Bertz CT molecular complexity index is 904. The van der Waals surface area contributed by atoms with E-state index in [1.807, 2.05) is 6.92 Å². The first-order chi connectivity index (χ1) is 12.3. The molecule has 3 aromatic rings. The average Bonchev–Trinajstić information content (AvgIpc) is 3.09. The fraction of sp³-hybridized carbons (Fsp3) is 0.450. The summed E-state index contributed by atoms with van der Waals surface area (Å²) < 4.78 is 3.55. The van der Waals surface area contributed by atoms with Gasteiger partial charge in [0.15, 0.2) is 5.65 Å². The van der Waals surface area contributed by atoms with E-state index >= 15 is 0 Å². The molecule has 5 nitrogen and oxygen atoms in total. The van der Waals surface area contributed by atoms with Gasteiger partial charge in [-0.3, -0.25) is 9.36 Å². The maximum Gasteiger partial charge on any atom is 0.264 e. The Balaban J connectivity index is 1.46. The van der Waals surface area contributed by atoms with Crippen LogP contribution in [0.15, 0.2) is 47.7 Å². The second-order valence-electron chi connectivity index (χ2n) is 7.03. The summed E-state index contributed by atoms with van der Waals surface area (Å²) in [5, 5.41) is 4.87. The van der Waals surface area contributed by atoms with Gasteiger partial charge in [-0.05, 0) is 50.0 Å². The van der Waals surface area contributed by atoms with Crippen LogP contribution in [0.25, 0.3) is 11.0 Å². The normalized spacial score (nSPS) is 20.8. The lowest BCUT2D eigenvalue weighted by Gasteiger charge is -2.29. The molecule has 130 valence electrons. The molecule has 0 bridgehead atoms. The first-order valence-corrected chi connectivity index (χ1v) is 9.22. The zero-order valence-corrected chi connectivity index (χ0v) is 14.6. The van der Waals surface area contributed by atoms with Gasteiger partial charge in [0.2, 0.25) is 0 Å². The van der Waals surface area contributed by atoms with Crippen LogP contribution >= 0.6 is 0 Å². The summed E-state index contributed by atoms with van der Waals surface area (Å²) in [6, 6.07) is 10.8. The Hall–Kier alpha value is -2.43. The lowest BCUT2D eigenvalue weighted by atomic mass is 9.78. The molecule has 1 fully saturated rings. The summed E-state index contributed by atoms with van der Waals surface area (Å²) in [4.78, 5) is 17.2. The number of fused-ring (bicyclic) bond motifs is 1. The molecule has 0 spiro atoms. The first-order valence-electron chi connectivity index (χ1n) is 9.22. The molecule has 25 heavy (non-hydrogen) atoms.